The van der Waals surface area contributed by atoms with Gasteiger partial charge in [-0.2, -0.15) is 0 Å². The van der Waals surface area contributed by atoms with Gasteiger partial charge in [-0.1, -0.05) is 50.6 Å². The van der Waals surface area contributed by atoms with Crippen LogP contribution in [0.4, 0.5) is 5.69 Å². The largest absolute Gasteiger partial charge is 0.377 e. The third kappa shape index (κ3) is 4.22. The first kappa shape index (κ1) is 15.4. The second-order valence-corrected chi connectivity index (χ2v) is 5.35. The van der Waals surface area contributed by atoms with Gasteiger partial charge in [-0.15, -0.1) is 0 Å². The molecule has 112 valence electrons. The highest BCUT2D eigenvalue weighted by Crippen LogP contribution is 2.23. The summed E-state index contributed by atoms with van der Waals surface area (Å²) in [6.45, 7) is 5.03. The zero-order valence-corrected chi connectivity index (χ0v) is 12.9. The number of hydrogen-bond donors (Lipinski definition) is 1. The first-order valence-electron chi connectivity index (χ1n) is 7.76. The molecule has 1 heterocycles. The molecule has 0 amide bonds. The molecule has 0 radical (unpaired) electrons. The van der Waals surface area contributed by atoms with E-state index >= 15 is 0 Å². The number of rotatable bonds is 7. The summed E-state index contributed by atoms with van der Waals surface area (Å²) in [4.78, 5) is 11.8. The van der Waals surface area contributed by atoms with Gasteiger partial charge < -0.3 is 9.88 Å². The Kier molecular flexibility index (Phi) is 5.61. The van der Waals surface area contributed by atoms with E-state index in [9.17, 15) is 4.79 Å². The van der Waals surface area contributed by atoms with Gasteiger partial charge in [0.15, 0.2) is 0 Å². The summed E-state index contributed by atoms with van der Waals surface area (Å²) in [6.07, 6.45) is 5.07. The minimum absolute atomic E-state index is 0.0640. The van der Waals surface area contributed by atoms with Crippen LogP contribution in [0.3, 0.4) is 0 Å². The quantitative estimate of drug-likeness (QED) is 0.826. The Morgan fingerprint density at radius 3 is 2.48 bits per heavy atom. The Balaban J connectivity index is 2.21. The molecule has 2 rings (SSSR count). The zero-order chi connectivity index (χ0) is 15.1. The van der Waals surface area contributed by atoms with E-state index in [-0.39, 0.29) is 11.6 Å². The summed E-state index contributed by atoms with van der Waals surface area (Å²) in [5.74, 6) is 0. The van der Waals surface area contributed by atoms with Crippen LogP contribution in [0.15, 0.2) is 53.5 Å². The molecule has 0 saturated heterocycles. The van der Waals surface area contributed by atoms with Crippen LogP contribution in [-0.2, 0) is 6.54 Å². The number of aryl methyl sites for hydroxylation is 1. The van der Waals surface area contributed by atoms with Crippen LogP contribution in [0.25, 0.3) is 0 Å². The molecule has 1 atom stereocenters. The van der Waals surface area contributed by atoms with E-state index in [4.69, 9.17) is 0 Å². The second-order valence-electron chi connectivity index (χ2n) is 5.35. The minimum Gasteiger partial charge on any atom is -0.377 e. The van der Waals surface area contributed by atoms with Crippen LogP contribution in [0.1, 0.15) is 44.7 Å². The van der Waals surface area contributed by atoms with Crippen molar-refractivity contribution in [3.63, 3.8) is 0 Å². The second kappa shape index (κ2) is 7.67. The highest BCUT2D eigenvalue weighted by molar-refractivity contribution is 5.43. The number of benzene rings is 1. The van der Waals surface area contributed by atoms with Crippen molar-refractivity contribution in [1.29, 1.82) is 0 Å². The fraction of sp³-hybridized carbons (Fsp3) is 0.389. The smallest absolute Gasteiger partial charge is 0.250 e. The number of nitrogens with zero attached hydrogens (tertiary/aromatic N) is 1. The SMILES string of the molecule is CCCC(Nc1ccc(=O)n(CCC)c1)c1ccccc1. The molecule has 0 bridgehead atoms. The molecule has 0 aliphatic carbocycles. The van der Waals surface area contributed by atoms with Crippen molar-refractivity contribution >= 4 is 5.69 Å². The van der Waals surface area contributed by atoms with Gasteiger partial charge in [0.1, 0.15) is 0 Å². The Labute approximate surface area is 126 Å². The standard InChI is InChI=1S/C18H24N2O/c1-3-8-17(15-9-6-5-7-10-15)19-16-11-12-18(21)20(14-16)13-4-2/h5-7,9-12,14,17,19H,3-4,8,13H2,1-2H3. The summed E-state index contributed by atoms with van der Waals surface area (Å²) in [5, 5.41) is 3.56. The molecule has 0 aliphatic rings. The van der Waals surface area contributed by atoms with E-state index in [0.29, 0.717) is 0 Å². The Hall–Kier alpha value is -2.03. The lowest BCUT2D eigenvalue weighted by molar-refractivity contribution is 0.647. The maximum Gasteiger partial charge on any atom is 0.250 e. The molecular weight excluding hydrogens is 260 g/mol. The van der Waals surface area contributed by atoms with Crippen molar-refractivity contribution in [2.24, 2.45) is 0 Å². The molecule has 0 spiro atoms. The minimum atomic E-state index is 0.0640. The highest BCUT2D eigenvalue weighted by Gasteiger charge is 2.10. The Morgan fingerprint density at radius 2 is 1.81 bits per heavy atom. The number of anilines is 1. The molecule has 1 aromatic heterocycles. The van der Waals surface area contributed by atoms with Crippen molar-refractivity contribution in [2.75, 3.05) is 5.32 Å². The first-order valence-corrected chi connectivity index (χ1v) is 7.76. The van der Waals surface area contributed by atoms with Gasteiger partial charge in [-0.3, -0.25) is 4.79 Å². The van der Waals surface area contributed by atoms with Crippen molar-refractivity contribution in [1.82, 2.24) is 4.57 Å². The van der Waals surface area contributed by atoms with Crippen LogP contribution in [-0.4, -0.2) is 4.57 Å². The lowest BCUT2D eigenvalue weighted by Crippen LogP contribution is -2.20. The van der Waals surface area contributed by atoms with Gasteiger partial charge in [0.25, 0.3) is 5.56 Å². The average molecular weight is 284 g/mol. The van der Waals surface area contributed by atoms with Crippen molar-refractivity contribution in [2.45, 2.75) is 45.7 Å². The van der Waals surface area contributed by atoms with E-state index in [0.717, 1.165) is 31.5 Å². The molecule has 1 N–H and O–H groups in total. The monoisotopic (exact) mass is 284 g/mol. The van der Waals surface area contributed by atoms with Crippen molar-refractivity contribution < 1.29 is 0 Å². The first-order chi connectivity index (χ1) is 10.2. The molecule has 3 nitrogen and oxygen atoms in total. The summed E-state index contributed by atoms with van der Waals surface area (Å²) in [5.41, 5.74) is 2.35. The van der Waals surface area contributed by atoms with Crippen LogP contribution in [0, 0.1) is 0 Å². The van der Waals surface area contributed by atoms with Crippen molar-refractivity contribution in [3.05, 3.63) is 64.6 Å². The predicted molar refractivity (Wildman–Crippen MR) is 88.7 cm³/mol. The average Bonchev–Trinajstić information content (AvgIpc) is 2.51. The lowest BCUT2D eigenvalue weighted by Gasteiger charge is -2.20. The van der Waals surface area contributed by atoms with Gasteiger partial charge in [0.2, 0.25) is 0 Å². The number of hydrogen-bond acceptors (Lipinski definition) is 2. The molecule has 21 heavy (non-hydrogen) atoms. The molecule has 0 saturated carbocycles. The summed E-state index contributed by atoms with van der Waals surface area (Å²) in [6, 6.07) is 14.3. The molecule has 2 aromatic rings. The fourth-order valence-corrected chi connectivity index (χ4v) is 2.53. The van der Waals surface area contributed by atoms with Crippen LogP contribution in [0.5, 0.6) is 0 Å². The van der Waals surface area contributed by atoms with E-state index < -0.39 is 0 Å². The van der Waals surface area contributed by atoms with Gasteiger partial charge in [-0.05, 0) is 24.5 Å². The fourth-order valence-electron chi connectivity index (χ4n) is 2.53. The van der Waals surface area contributed by atoms with Crippen LogP contribution < -0.4 is 10.9 Å². The van der Waals surface area contributed by atoms with Crippen LogP contribution >= 0.6 is 0 Å². The number of aromatic nitrogens is 1. The van der Waals surface area contributed by atoms with Crippen molar-refractivity contribution in [3.8, 4) is 0 Å². The third-order valence-electron chi connectivity index (χ3n) is 3.57. The van der Waals surface area contributed by atoms with Gasteiger partial charge in [-0.25, -0.2) is 0 Å². The van der Waals surface area contributed by atoms with E-state index in [2.05, 4.69) is 43.4 Å². The van der Waals surface area contributed by atoms with E-state index in [1.54, 1.807) is 10.6 Å². The van der Waals surface area contributed by atoms with E-state index in [1.807, 2.05) is 18.3 Å². The topological polar surface area (TPSA) is 34.0 Å². The van der Waals surface area contributed by atoms with Gasteiger partial charge in [0.05, 0.1) is 11.7 Å². The Bertz CT molecular complexity index is 604. The van der Waals surface area contributed by atoms with Gasteiger partial charge >= 0.3 is 0 Å². The maximum absolute atomic E-state index is 11.8. The summed E-state index contributed by atoms with van der Waals surface area (Å²) >= 11 is 0. The molecule has 3 heteroatoms. The normalized spacial score (nSPS) is 12.1. The van der Waals surface area contributed by atoms with Crippen LogP contribution in [0.2, 0.25) is 0 Å². The predicted octanol–water partition coefficient (Wildman–Crippen LogP) is 4.21. The summed E-state index contributed by atoms with van der Waals surface area (Å²) in [7, 11) is 0. The van der Waals surface area contributed by atoms with E-state index in [1.165, 1.54) is 5.56 Å². The lowest BCUT2D eigenvalue weighted by atomic mass is 10.0. The molecular formula is C18H24N2O. The maximum atomic E-state index is 11.8. The Morgan fingerprint density at radius 1 is 1.05 bits per heavy atom. The summed E-state index contributed by atoms with van der Waals surface area (Å²) < 4.78 is 1.77. The molecule has 0 fully saturated rings. The zero-order valence-electron chi connectivity index (χ0n) is 12.9. The molecule has 0 aliphatic heterocycles. The molecule has 1 unspecified atom stereocenters. The van der Waals surface area contributed by atoms with Gasteiger partial charge in [0, 0.05) is 18.8 Å². The highest BCUT2D eigenvalue weighted by atomic mass is 16.1. The molecule has 1 aromatic carbocycles. The number of nitrogens with one attached hydrogen (secondary N) is 1. The number of pyridine rings is 1. The third-order valence-corrected chi connectivity index (χ3v) is 3.57.